The van der Waals surface area contributed by atoms with E-state index in [1.165, 1.54) is 22.3 Å². The van der Waals surface area contributed by atoms with Crippen molar-refractivity contribution < 1.29 is 28.0 Å². The third-order valence-corrected chi connectivity index (χ3v) is 16.8. The van der Waals surface area contributed by atoms with Crippen LogP contribution in [0, 0.1) is 27.7 Å². The molecular formula is C72H100O6P2. The fourth-order valence-corrected chi connectivity index (χ4v) is 13.1. The highest BCUT2D eigenvalue weighted by atomic mass is 31.1. The van der Waals surface area contributed by atoms with Crippen LogP contribution in [0.3, 0.4) is 0 Å². The van der Waals surface area contributed by atoms with Gasteiger partial charge in [-0.25, -0.2) is 9.13 Å². The second-order valence-corrected chi connectivity index (χ2v) is 32.8. The third-order valence-electron chi connectivity index (χ3n) is 16.0. The first-order chi connectivity index (χ1) is 36.1. The Labute approximate surface area is 485 Å². The minimum Gasteiger partial charge on any atom is -0.426 e. The Morgan fingerprint density at radius 1 is 0.300 bits per heavy atom. The molecule has 6 aromatic rings. The zero-order valence-electron chi connectivity index (χ0n) is 54.5. The van der Waals surface area contributed by atoms with E-state index in [0.717, 1.165) is 100 Å². The van der Waals surface area contributed by atoms with Gasteiger partial charge in [-0.05, 0) is 183 Å². The van der Waals surface area contributed by atoms with E-state index >= 15 is 0 Å². The van der Waals surface area contributed by atoms with E-state index in [-0.39, 0.29) is 27.4 Å². The van der Waals surface area contributed by atoms with Crippen LogP contribution >= 0.6 is 16.5 Å². The van der Waals surface area contributed by atoms with Crippen molar-refractivity contribution in [1.82, 2.24) is 0 Å². The summed E-state index contributed by atoms with van der Waals surface area (Å²) in [6.45, 7) is 63.2. The smallest absolute Gasteiger partial charge is 0.365 e. The largest absolute Gasteiger partial charge is 0.426 e. The van der Waals surface area contributed by atoms with Crippen LogP contribution in [0.4, 0.5) is 0 Å². The lowest BCUT2D eigenvalue weighted by Crippen LogP contribution is -2.21. The molecule has 6 rings (SSSR count). The molecule has 2 atom stereocenters. The van der Waals surface area contributed by atoms with E-state index in [0.29, 0.717) is 5.75 Å². The standard InChI is InChI=1S/C72H100O6P2/c1-41-33-47(55(69(17,18)19)37-51(41)65(5,6)7)60-59(45-29-31-46(32-30-45)77-79(73)74)61(48-34-42(2)52(66(8,9)10)38-56(48)70(20,21)22)63(50-36-44(4)54(68(14,15)16)40-58(50)72(26,27)28)64(78-80(75)76)62(60)49-35-43(3)53(67(11,12)13)39-57(49)71(23,24)25/h29-40,79-80H,1-28H3,(H,73,74)(H,75,76). The predicted molar refractivity (Wildman–Crippen MR) is 346 cm³/mol. The van der Waals surface area contributed by atoms with Crippen LogP contribution in [0.2, 0.25) is 0 Å². The normalized spacial score (nSPS) is 14.1. The minimum absolute atomic E-state index is 0.202. The second kappa shape index (κ2) is 21.8. The van der Waals surface area contributed by atoms with Gasteiger partial charge in [0, 0.05) is 22.3 Å². The molecule has 0 saturated carbocycles. The molecule has 0 aliphatic rings. The fourth-order valence-electron chi connectivity index (χ4n) is 12.4. The Balaban J connectivity index is 2.30. The molecule has 0 amide bonds. The molecule has 2 N–H and O–H groups in total. The maximum Gasteiger partial charge on any atom is 0.365 e. The van der Waals surface area contributed by atoms with Crippen molar-refractivity contribution in [3.63, 3.8) is 0 Å². The zero-order valence-corrected chi connectivity index (χ0v) is 56.5. The summed E-state index contributed by atoms with van der Waals surface area (Å²) in [5.41, 5.74) is 19.9. The van der Waals surface area contributed by atoms with E-state index in [9.17, 15) is 18.9 Å². The van der Waals surface area contributed by atoms with Crippen LogP contribution in [0.25, 0.3) is 55.6 Å². The van der Waals surface area contributed by atoms with E-state index < -0.39 is 38.2 Å². The van der Waals surface area contributed by atoms with Crippen molar-refractivity contribution >= 4 is 16.5 Å². The molecular weight excluding hydrogens is 1020 g/mol. The first kappa shape index (κ1) is 64.5. The topological polar surface area (TPSA) is 93.1 Å². The average Bonchev–Trinajstić information content (AvgIpc) is 3.24. The number of aryl methyl sites for hydroxylation is 4. The van der Waals surface area contributed by atoms with Crippen LogP contribution < -0.4 is 9.05 Å². The van der Waals surface area contributed by atoms with Gasteiger partial charge in [0.2, 0.25) is 0 Å². The molecule has 8 heteroatoms. The van der Waals surface area contributed by atoms with E-state index in [1.54, 1.807) is 12.1 Å². The molecule has 0 bridgehead atoms. The number of hydrogen-bond donors (Lipinski definition) is 2. The molecule has 0 aromatic heterocycles. The van der Waals surface area contributed by atoms with Crippen molar-refractivity contribution in [1.29, 1.82) is 0 Å². The molecule has 0 aliphatic heterocycles. The fraction of sp³-hybridized carbons (Fsp3) is 0.500. The predicted octanol–water partition coefficient (Wildman–Crippen LogP) is 21.2. The van der Waals surface area contributed by atoms with Gasteiger partial charge >= 0.3 is 16.5 Å². The van der Waals surface area contributed by atoms with Crippen molar-refractivity contribution in [3.05, 3.63) is 140 Å². The van der Waals surface area contributed by atoms with Gasteiger partial charge in [-0.1, -0.05) is 227 Å². The molecule has 0 saturated heterocycles. The Morgan fingerprint density at radius 2 is 0.525 bits per heavy atom. The highest BCUT2D eigenvalue weighted by Crippen LogP contribution is 2.62. The molecule has 0 aliphatic carbocycles. The highest BCUT2D eigenvalue weighted by molar-refractivity contribution is 7.32. The number of benzene rings is 6. The van der Waals surface area contributed by atoms with Gasteiger partial charge in [-0.15, -0.1) is 0 Å². The average molecular weight is 1120 g/mol. The summed E-state index contributed by atoms with van der Waals surface area (Å²) in [5.74, 6) is 0.622. The molecule has 80 heavy (non-hydrogen) atoms. The quantitative estimate of drug-likeness (QED) is 0.140. The molecule has 2 unspecified atom stereocenters. The third kappa shape index (κ3) is 13.4. The maximum atomic E-state index is 14.6. The minimum atomic E-state index is -3.77. The summed E-state index contributed by atoms with van der Waals surface area (Å²) in [4.78, 5) is 22.1. The van der Waals surface area contributed by atoms with Gasteiger partial charge in [0.25, 0.3) is 0 Å². The lowest BCUT2D eigenvalue weighted by molar-refractivity contribution is 0.409. The summed E-state index contributed by atoms with van der Waals surface area (Å²) in [5, 5.41) is 0. The van der Waals surface area contributed by atoms with E-state index in [1.807, 2.05) is 12.1 Å². The molecule has 6 nitrogen and oxygen atoms in total. The molecule has 434 valence electrons. The van der Waals surface area contributed by atoms with Crippen molar-refractivity contribution in [2.75, 3.05) is 0 Å². The highest BCUT2D eigenvalue weighted by Gasteiger charge is 2.40. The Morgan fingerprint density at radius 3 is 0.738 bits per heavy atom. The first-order valence-electron chi connectivity index (χ1n) is 28.9. The lowest BCUT2D eigenvalue weighted by Gasteiger charge is -2.37. The molecule has 0 spiro atoms. The van der Waals surface area contributed by atoms with Crippen LogP contribution in [0.15, 0.2) is 72.8 Å². The monoisotopic (exact) mass is 1120 g/mol. The van der Waals surface area contributed by atoms with Gasteiger partial charge in [0.15, 0.2) is 0 Å². The van der Waals surface area contributed by atoms with Crippen LogP contribution in [-0.2, 0) is 52.5 Å². The summed E-state index contributed by atoms with van der Waals surface area (Å²) in [6.07, 6.45) is 0. The first-order valence-corrected chi connectivity index (χ1v) is 31.4. The summed E-state index contributed by atoms with van der Waals surface area (Å²) in [6, 6.07) is 26.6. The Kier molecular flexibility index (Phi) is 17.6. The SMILES string of the molecule is Cc1cc(-c2c(O[PH](=O)O)c(-c3cc(C)c(C(C)(C)C)cc3C(C)(C)C)c(-c3cc(C)c(C(C)(C)C)cc3C(C)(C)C)c(-c3ccc(O[PH](=O)O)cc3)c2-c2cc(C)c(C(C)(C)C)cc2C(C)(C)C)c(C(C)(C)C)cc1C(C)(C)C. The number of hydrogen-bond acceptors (Lipinski definition) is 4. The number of rotatable bonds is 9. The lowest BCUT2D eigenvalue weighted by atomic mass is 9.67. The van der Waals surface area contributed by atoms with Gasteiger partial charge in [-0.2, -0.15) is 0 Å². The molecule has 0 fully saturated rings. The van der Waals surface area contributed by atoms with E-state index in [4.69, 9.17) is 9.05 Å². The van der Waals surface area contributed by atoms with Gasteiger partial charge < -0.3 is 18.8 Å². The zero-order chi connectivity index (χ0) is 60.9. The Hall–Kier alpha value is -4.70. The van der Waals surface area contributed by atoms with Gasteiger partial charge in [0.1, 0.15) is 11.5 Å². The molecule has 0 heterocycles. The van der Waals surface area contributed by atoms with Gasteiger partial charge in [0.05, 0.1) is 0 Å². The van der Waals surface area contributed by atoms with E-state index in [2.05, 4.69) is 242 Å². The summed E-state index contributed by atoms with van der Waals surface area (Å²) in [7, 11) is -7.11. The van der Waals surface area contributed by atoms with Crippen LogP contribution in [0.1, 0.15) is 233 Å². The summed E-state index contributed by atoms with van der Waals surface area (Å²) >= 11 is 0. The molecule has 6 aromatic carbocycles. The van der Waals surface area contributed by atoms with Crippen molar-refractivity contribution in [2.45, 2.75) is 237 Å². The van der Waals surface area contributed by atoms with Crippen LogP contribution in [-0.4, -0.2) is 9.79 Å². The van der Waals surface area contributed by atoms with Gasteiger partial charge in [-0.3, -0.25) is 0 Å². The maximum absolute atomic E-state index is 14.6. The second-order valence-electron chi connectivity index (χ2n) is 31.3. The Bertz CT molecular complexity index is 3220. The van der Waals surface area contributed by atoms with Crippen molar-refractivity contribution in [3.8, 4) is 67.1 Å². The van der Waals surface area contributed by atoms with Crippen molar-refractivity contribution in [2.24, 2.45) is 0 Å². The van der Waals surface area contributed by atoms with Crippen LogP contribution in [0.5, 0.6) is 11.5 Å². The summed E-state index contributed by atoms with van der Waals surface area (Å²) < 4.78 is 39.6. The molecule has 0 radical (unpaired) electrons.